The van der Waals surface area contributed by atoms with E-state index < -0.39 is 5.82 Å². The number of aliphatic hydroxyl groups excluding tert-OH is 1. The molecule has 5 heteroatoms. The van der Waals surface area contributed by atoms with Crippen molar-refractivity contribution < 1.29 is 9.50 Å². The van der Waals surface area contributed by atoms with E-state index in [1.54, 1.807) is 6.07 Å². The lowest BCUT2D eigenvalue weighted by molar-refractivity contribution is 0.277. The first kappa shape index (κ1) is 10.1. The molecule has 3 nitrogen and oxygen atoms in total. The van der Waals surface area contributed by atoms with Gasteiger partial charge in [0.15, 0.2) is 0 Å². The average molecular weight is 227 g/mol. The largest absolute Gasteiger partial charge is 0.390 e. The zero-order valence-electron chi connectivity index (χ0n) is 7.67. The van der Waals surface area contributed by atoms with Crippen LogP contribution in [-0.2, 0) is 6.61 Å². The van der Waals surface area contributed by atoms with Crippen LogP contribution in [0, 0.1) is 5.82 Å². The Labute approximate surface area is 90.5 Å². The molecule has 1 heterocycles. The molecule has 0 fully saturated rings. The Kier molecular flexibility index (Phi) is 2.70. The molecule has 0 aliphatic heterocycles. The van der Waals surface area contributed by atoms with Crippen molar-refractivity contribution in [2.45, 2.75) is 6.61 Å². The highest BCUT2D eigenvalue weighted by Crippen LogP contribution is 2.22. The summed E-state index contributed by atoms with van der Waals surface area (Å²) in [6.07, 6.45) is 1.46. The first-order valence-corrected chi connectivity index (χ1v) is 4.68. The van der Waals surface area contributed by atoms with Crippen LogP contribution in [0.15, 0.2) is 24.4 Å². The van der Waals surface area contributed by atoms with E-state index in [9.17, 15) is 4.39 Å². The van der Waals surface area contributed by atoms with Crippen LogP contribution in [0.5, 0.6) is 0 Å². The molecule has 0 atom stereocenters. The van der Waals surface area contributed by atoms with Gasteiger partial charge in [-0.3, -0.25) is 0 Å². The molecule has 0 aliphatic rings. The summed E-state index contributed by atoms with van der Waals surface area (Å²) in [7, 11) is 0. The van der Waals surface area contributed by atoms with Gasteiger partial charge in [0.1, 0.15) is 11.6 Å². The van der Waals surface area contributed by atoms with E-state index >= 15 is 0 Å². The van der Waals surface area contributed by atoms with Gasteiger partial charge in [-0.25, -0.2) is 9.37 Å². The number of halogens is 2. The Hall–Kier alpha value is -1.39. The Morgan fingerprint density at radius 3 is 2.87 bits per heavy atom. The van der Waals surface area contributed by atoms with Gasteiger partial charge < -0.3 is 10.1 Å². The van der Waals surface area contributed by atoms with E-state index in [1.807, 2.05) is 0 Å². The van der Waals surface area contributed by atoms with Crippen LogP contribution in [0.4, 0.5) is 4.39 Å². The standard InChI is InChI=1S/C10H8ClFN2O/c11-6-1-2-8(9(12)3-6)10-13-4-7(5-15)14-10/h1-4,15H,5H2,(H,13,14). The third-order valence-corrected chi connectivity index (χ3v) is 2.22. The molecule has 1 aromatic heterocycles. The van der Waals surface area contributed by atoms with E-state index in [-0.39, 0.29) is 6.61 Å². The molecular weight excluding hydrogens is 219 g/mol. The number of benzene rings is 1. The summed E-state index contributed by atoms with van der Waals surface area (Å²) in [5, 5.41) is 9.16. The van der Waals surface area contributed by atoms with Crippen LogP contribution in [0.1, 0.15) is 5.69 Å². The van der Waals surface area contributed by atoms with Crippen molar-refractivity contribution in [2.75, 3.05) is 0 Å². The molecule has 15 heavy (non-hydrogen) atoms. The molecule has 0 bridgehead atoms. The number of rotatable bonds is 2. The minimum Gasteiger partial charge on any atom is -0.390 e. The van der Waals surface area contributed by atoms with E-state index in [4.69, 9.17) is 16.7 Å². The smallest absolute Gasteiger partial charge is 0.140 e. The molecule has 0 radical (unpaired) electrons. The number of aliphatic hydroxyl groups is 1. The topological polar surface area (TPSA) is 48.9 Å². The molecule has 2 rings (SSSR count). The van der Waals surface area contributed by atoms with Gasteiger partial charge in [0, 0.05) is 5.02 Å². The predicted octanol–water partition coefficient (Wildman–Crippen LogP) is 2.36. The van der Waals surface area contributed by atoms with Gasteiger partial charge in [0.05, 0.1) is 24.1 Å². The molecule has 0 aliphatic carbocycles. The maximum Gasteiger partial charge on any atom is 0.140 e. The number of aromatic amines is 1. The SMILES string of the molecule is OCc1cnc(-c2ccc(Cl)cc2F)[nH]1. The molecule has 0 saturated carbocycles. The fourth-order valence-corrected chi connectivity index (χ4v) is 1.42. The number of nitrogens with one attached hydrogen (secondary N) is 1. The predicted molar refractivity (Wildman–Crippen MR) is 54.9 cm³/mol. The van der Waals surface area contributed by atoms with Crippen LogP contribution in [0.25, 0.3) is 11.4 Å². The third-order valence-electron chi connectivity index (χ3n) is 1.99. The summed E-state index contributed by atoms with van der Waals surface area (Å²) < 4.78 is 13.4. The highest BCUT2D eigenvalue weighted by Gasteiger charge is 2.08. The maximum atomic E-state index is 13.4. The third kappa shape index (κ3) is 2.00. The number of H-pyrrole nitrogens is 1. The van der Waals surface area contributed by atoms with E-state index in [0.29, 0.717) is 22.1 Å². The molecule has 2 N–H and O–H groups in total. The van der Waals surface area contributed by atoms with Crippen molar-refractivity contribution in [3.8, 4) is 11.4 Å². The van der Waals surface area contributed by atoms with Crippen LogP contribution >= 0.6 is 11.6 Å². The van der Waals surface area contributed by atoms with Crippen molar-refractivity contribution >= 4 is 11.6 Å². The first-order valence-electron chi connectivity index (χ1n) is 4.31. The zero-order valence-corrected chi connectivity index (χ0v) is 8.42. The lowest BCUT2D eigenvalue weighted by Crippen LogP contribution is -1.87. The monoisotopic (exact) mass is 226 g/mol. The fourth-order valence-electron chi connectivity index (χ4n) is 1.26. The van der Waals surface area contributed by atoms with Crippen molar-refractivity contribution in [3.63, 3.8) is 0 Å². The highest BCUT2D eigenvalue weighted by molar-refractivity contribution is 6.30. The quantitative estimate of drug-likeness (QED) is 0.826. The minimum absolute atomic E-state index is 0.151. The van der Waals surface area contributed by atoms with Crippen molar-refractivity contribution in [1.82, 2.24) is 9.97 Å². The molecule has 0 spiro atoms. The van der Waals surface area contributed by atoms with E-state index in [1.165, 1.54) is 18.3 Å². The molecule has 1 aromatic carbocycles. The summed E-state index contributed by atoms with van der Waals surface area (Å²) in [6.45, 7) is -0.151. The molecule has 0 amide bonds. The molecular formula is C10H8ClFN2O. The Balaban J connectivity index is 2.44. The van der Waals surface area contributed by atoms with Crippen molar-refractivity contribution in [2.24, 2.45) is 0 Å². The normalized spacial score (nSPS) is 10.6. The van der Waals surface area contributed by atoms with E-state index in [2.05, 4.69) is 9.97 Å². The maximum absolute atomic E-state index is 13.4. The summed E-state index contributed by atoms with van der Waals surface area (Å²) >= 11 is 5.63. The van der Waals surface area contributed by atoms with Gasteiger partial charge in [0.25, 0.3) is 0 Å². The average Bonchev–Trinajstić information content (AvgIpc) is 2.66. The van der Waals surface area contributed by atoms with Gasteiger partial charge >= 0.3 is 0 Å². The number of hydrogen-bond acceptors (Lipinski definition) is 2. The second-order valence-electron chi connectivity index (χ2n) is 3.04. The number of aromatic nitrogens is 2. The van der Waals surface area contributed by atoms with Gasteiger partial charge in [-0.2, -0.15) is 0 Å². The first-order chi connectivity index (χ1) is 7.20. The number of nitrogens with zero attached hydrogens (tertiary/aromatic N) is 1. The van der Waals surface area contributed by atoms with Crippen LogP contribution in [0.3, 0.4) is 0 Å². The summed E-state index contributed by atoms with van der Waals surface area (Å²) in [5.74, 6) is -0.0606. The Bertz CT molecular complexity index is 484. The highest BCUT2D eigenvalue weighted by atomic mass is 35.5. The molecule has 0 saturated heterocycles. The second kappa shape index (κ2) is 4.00. The van der Waals surface area contributed by atoms with Crippen molar-refractivity contribution in [3.05, 3.63) is 40.9 Å². The summed E-state index contributed by atoms with van der Waals surface area (Å²) in [5.41, 5.74) is 0.874. The lowest BCUT2D eigenvalue weighted by atomic mass is 10.2. The molecule has 78 valence electrons. The zero-order chi connectivity index (χ0) is 10.8. The summed E-state index contributed by atoms with van der Waals surface area (Å²) in [4.78, 5) is 6.74. The fraction of sp³-hybridized carbons (Fsp3) is 0.100. The van der Waals surface area contributed by atoms with Gasteiger partial charge in [0.2, 0.25) is 0 Å². The van der Waals surface area contributed by atoms with Crippen LogP contribution in [0.2, 0.25) is 5.02 Å². The van der Waals surface area contributed by atoms with Gasteiger partial charge in [-0.15, -0.1) is 0 Å². The molecule has 2 aromatic rings. The summed E-state index contributed by atoms with van der Waals surface area (Å²) in [6, 6.07) is 4.34. The van der Waals surface area contributed by atoms with Crippen LogP contribution in [-0.4, -0.2) is 15.1 Å². The lowest BCUT2D eigenvalue weighted by Gasteiger charge is -1.99. The molecule has 0 unspecified atom stereocenters. The Morgan fingerprint density at radius 2 is 2.27 bits per heavy atom. The van der Waals surface area contributed by atoms with Crippen LogP contribution < -0.4 is 0 Å². The Morgan fingerprint density at radius 1 is 1.47 bits per heavy atom. The van der Waals surface area contributed by atoms with E-state index in [0.717, 1.165) is 0 Å². The number of hydrogen-bond donors (Lipinski definition) is 2. The second-order valence-corrected chi connectivity index (χ2v) is 3.48. The number of imidazole rings is 1. The minimum atomic E-state index is -0.443. The van der Waals surface area contributed by atoms with Crippen molar-refractivity contribution in [1.29, 1.82) is 0 Å². The van der Waals surface area contributed by atoms with Gasteiger partial charge in [-0.05, 0) is 18.2 Å². The van der Waals surface area contributed by atoms with Gasteiger partial charge in [-0.1, -0.05) is 11.6 Å².